The molecule has 0 aliphatic heterocycles. The van der Waals surface area contributed by atoms with Crippen molar-refractivity contribution in [3.8, 4) is 6.07 Å². The van der Waals surface area contributed by atoms with Crippen molar-refractivity contribution in [2.45, 2.75) is 24.1 Å². The van der Waals surface area contributed by atoms with E-state index in [9.17, 15) is 9.18 Å². The summed E-state index contributed by atoms with van der Waals surface area (Å²) in [5.41, 5.74) is 0.566. The Balaban J connectivity index is 1.86. The summed E-state index contributed by atoms with van der Waals surface area (Å²) in [7, 11) is 0. The summed E-state index contributed by atoms with van der Waals surface area (Å²) in [5, 5.41) is 20.8. The molecule has 0 aliphatic rings. The Morgan fingerprint density at radius 1 is 1.39 bits per heavy atom. The van der Waals surface area contributed by atoms with E-state index < -0.39 is 0 Å². The van der Waals surface area contributed by atoms with Gasteiger partial charge in [-0.3, -0.25) is 4.79 Å². The third kappa shape index (κ3) is 7.42. The topological polar surface area (TPSA) is 91.1 Å². The maximum absolute atomic E-state index is 13.1. The average Bonchev–Trinajstić information content (AvgIpc) is 3.15. The van der Waals surface area contributed by atoms with Gasteiger partial charge in [0.2, 0.25) is 11.0 Å². The quantitative estimate of drug-likeness (QED) is 0.412. The summed E-state index contributed by atoms with van der Waals surface area (Å²) in [6.45, 7) is 4.35. The number of halogens is 1. The fraction of sp³-hybridized carbons (Fsp3) is 0.444. The number of nitriles is 1. The predicted octanol–water partition coefficient (Wildman–Crippen LogP) is 3.55. The zero-order chi connectivity index (χ0) is 20.2. The van der Waals surface area contributed by atoms with Crippen molar-refractivity contribution in [2.24, 2.45) is 0 Å². The lowest BCUT2D eigenvalue weighted by Gasteiger charge is -2.21. The number of hydrogen-bond donors (Lipinski definition) is 1. The first kappa shape index (κ1) is 22.1. The molecule has 28 heavy (non-hydrogen) atoms. The maximum atomic E-state index is 13.1. The van der Waals surface area contributed by atoms with Crippen LogP contribution in [0.5, 0.6) is 0 Å². The molecule has 0 radical (unpaired) electrons. The van der Waals surface area contributed by atoms with E-state index >= 15 is 0 Å². The molecule has 7 nitrogen and oxygen atoms in total. The van der Waals surface area contributed by atoms with E-state index in [-0.39, 0.29) is 30.4 Å². The van der Waals surface area contributed by atoms with Gasteiger partial charge in [-0.15, -0.1) is 10.2 Å². The van der Waals surface area contributed by atoms with Crippen LogP contribution >= 0.6 is 23.1 Å². The lowest BCUT2D eigenvalue weighted by atomic mass is 10.2. The lowest BCUT2D eigenvalue weighted by Crippen LogP contribution is -2.33. The van der Waals surface area contributed by atoms with Gasteiger partial charge in [-0.05, 0) is 37.6 Å². The van der Waals surface area contributed by atoms with Crippen LogP contribution < -0.4 is 10.2 Å². The molecule has 2 rings (SSSR count). The van der Waals surface area contributed by atoms with E-state index in [0.29, 0.717) is 28.4 Å². The minimum atomic E-state index is -0.374. The Labute approximate surface area is 171 Å². The zero-order valence-corrected chi connectivity index (χ0v) is 17.2. The number of aromatic nitrogens is 2. The fourth-order valence-electron chi connectivity index (χ4n) is 2.24. The smallest absolute Gasteiger partial charge is 0.237 e. The van der Waals surface area contributed by atoms with E-state index in [4.69, 9.17) is 10.00 Å². The molecule has 2 aromatic rings. The zero-order valence-electron chi connectivity index (χ0n) is 15.6. The Morgan fingerprint density at radius 3 is 2.89 bits per heavy atom. The fourth-order valence-corrected chi connectivity index (χ4v) is 3.89. The Morgan fingerprint density at radius 2 is 2.18 bits per heavy atom. The first-order chi connectivity index (χ1) is 13.6. The first-order valence-electron chi connectivity index (χ1n) is 8.84. The minimum Gasteiger partial charge on any atom is -0.382 e. The summed E-state index contributed by atoms with van der Waals surface area (Å²) in [6.07, 6.45) is 1.07. The molecule has 0 aliphatic carbocycles. The first-order valence-corrected chi connectivity index (χ1v) is 10.6. The SMILES string of the molecule is CCOCCCNc1nnc(SCC(=O)N(CCC#N)c2ccc(F)cc2)s1. The molecule has 0 saturated heterocycles. The number of ether oxygens (including phenoxy) is 1. The molecule has 150 valence electrons. The van der Waals surface area contributed by atoms with Gasteiger partial charge >= 0.3 is 0 Å². The third-order valence-electron chi connectivity index (χ3n) is 3.56. The minimum absolute atomic E-state index is 0.155. The molecule has 10 heteroatoms. The highest BCUT2D eigenvalue weighted by atomic mass is 32.2. The normalized spacial score (nSPS) is 10.5. The number of rotatable bonds is 12. The van der Waals surface area contributed by atoms with E-state index in [1.807, 2.05) is 13.0 Å². The van der Waals surface area contributed by atoms with Gasteiger partial charge in [-0.2, -0.15) is 5.26 Å². The van der Waals surface area contributed by atoms with Crippen LogP contribution in [0.3, 0.4) is 0 Å². The largest absolute Gasteiger partial charge is 0.382 e. The second-order valence-electron chi connectivity index (χ2n) is 5.57. The van der Waals surface area contributed by atoms with Crippen LogP contribution in [0.15, 0.2) is 28.6 Å². The van der Waals surface area contributed by atoms with Crippen molar-refractivity contribution in [1.29, 1.82) is 5.26 Å². The van der Waals surface area contributed by atoms with Crippen LogP contribution in [0, 0.1) is 17.1 Å². The van der Waals surface area contributed by atoms with Crippen LogP contribution in [0.25, 0.3) is 0 Å². The number of hydrogen-bond acceptors (Lipinski definition) is 8. The van der Waals surface area contributed by atoms with Crippen molar-refractivity contribution >= 4 is 39.8 Å². The van der Waals surface area contributed by atoms with Gasteiger partial charge in [-0.1, -0.05) is 23.1 Å². The molecule has 1 aromatic carbocycles. The van der Waals surface area contributed by atoms with Crippen LogP contribution in [0.4, 0.5) is 15.2 Å². The van der Waals surface area contributed by atoms with E-state index in [1.54, 1.807) is 0 Å². The number of nitrogens with zero attached hydrogens (tertiary/aromatic N) is 4. The standard InChI is InChI=1S/C18H22FN5O2S2/c1-2-26-12-4-10-21-17-22-23-18(28-17)27-13-16(25)24(11-3-9-20)15-7-5-14(19)6-8-15/h5-8H,2-4,10-13H2,1H3,(H,21,22). The molecule has 0 saturated carbocycles. The van der Waals surface area contributed by atoms with Crippen LogP contribution in [-0.4, -0.2) is 48.2 Å². The van der Waals surface area contributed by atoms with Crippen molar-refractivity contribution in [3.05, 3.63) is 30.1 Å². The molecule has 0 atom stereocenters. The highest BCUT2D eigenvalue weighted by molar-refractivity contribution is 8.01. The van der Waals surface area contributed by atoms with Gasteiger partial charge in [0.05, 0.1) is 18.2 Å². The number of nitrogens with one attached hydrogen (secondary N) is 1. The van der Waals surface area contributed by atoms with Gasteiger partial charge in [0, 0.05) is 32.0 Å². The third-order valence-corrected chi connectivity index (χ3v) is 5.56. The van der Waals surface area contributed by atoms with Crippen molar-refractivity contribution < 1.29 is 13.9 Å². The molecule has 0 unspecified atom stereocenters. The van der Waals surface area contributed by atoms with Gasteiger partial charge in [-0.25, -0.2) is 4.39 Å². The Bertz CT molecular complexity index is 779. The molecule has 1 N–H and O–H groups in total. The van der Waals surface area contributed by atoms with E-state index in [2.05, 4.69) is 15.5 Å². The van der Waals surface area contributed by atoms with Crippen LogP contribution in [0.2, 0.25) is 0 Å². The number of amides is 1. The summed E-state index contributed by atoms with van der Waals surface area (Å²) in [5.74, 6) is -0.392. The van der Waals surface area contributed by atoms with Crippen molar-refractivity contribution in [2.75, 3.05) is 42.3 Å². The maximum Gasteiger partial charge on any atom is 0.237 e. The lowest BCUT2D eigenvalue weighted by molar-refractivity contribution is -0.116. The summed E-state index contributed by atoms with van der Waals surface area (Å²) >= 11 is 2.67. The van der Waals surface area contributed by atoms with E-state index in [1.165, 1.54) is 52.3 Å². The molecule has 1 heterocycles. The molecule has 1 aromatic heterocycles. The highest BCUT2D eigenvalue weighted by Crippen LogP contribution is 2.26. The average molecular weight is 424 g/mol. The number of carbonyl (C=O) groups excluding carboxylic acids is 1. The monoisotopic (exact) mass is 423 g/mol. The van der Waals surface area contributed by atoms with Gasteiger partial charge in [0.1, 0.15) is 5.82 Å². The summed E-state index contributed by atoms with van der Waals surface area (Å²) in [4.78, 5) is 14.1. The van der Waals surface area contributed by atoms with Crippen LogP contribution in [0.1, 0.15) is 19.8 Å². The summed E-state index contributed by atoms with van der Waals surface area (Å²) < 4.78 is 19.1. The number of thioether (sulfide) groups is 1. The number of anilines is 2. The molecular formula is C18H22FN5O2S2. The Hall–Kier alpha value is -2.22. The van der Waals surface area contributed by atoms with Crippen LogP contribution in [-0.2, 0) is 9.53 Å². The van der Waals surface area contributed by atoms with E-state index in [0.717, 1.165) is 13.0 Å². The predicted molar refractivity (Wildman–Crippen MR) is 109 cm³/mol. The molecular weight excluding hydrogens is 401 g/mol. The molecule has 0 spiro atoms. The van der Waals surface area contributed by atoms with Gasteiger partial charge in [0.25, 0.3) is 0 Å². The van der Waals surface area contributed by atoms with Crippen molar-refractivity contribution in [1.82, 2.24) is 10.2 Å². The molecule has 0 bridgehead atoms. The summed E-state index contributed by atoms with van der Waals surface area (Å²) in [6, 6.07) is 7.69. The van der Waals surface area contributed by atoms with Gasteiger partial charge in [0.15, 0.2) is 4.34 Å². The second kappa shape index (κ2) is 12.3. The molecule has 0 fully saturated rings. The molecule has 1 amide bonds. The number of carbonyl (C=O) groups is 1. The Kier molecular flexibility index (Phi) is 9.68. The van der Waals surface area contributed by atoms with Gasteiger partial charge < -0.3 is 15.0 Å². The number of benzene rings is 1. The second-order valence-corrected chi connectivity index (χ2v) is 7.77. The van der Waals surface area contributed by atoms with Crippen molar-refractivity contribution in [3.63, 3.8) is 0 Å². The highest BCUT2D eigenvalue weighted by Gasteiger charge is 2.17.